The molecule has 0 radical (unpaired) electrons. The molecule has 3 heteroatoms. The normalized spacial score (nSPS) is 11.6. The molecule has 1 aromatic carbocycles. The second-order valence-corrected chi connectivity index (χ2v) is 6.40. The summed E-state index contributed by atoms with van der Waals surface area (Å²) in [6, 6.07) is 4.26. The minimum Gasteiger partial charge on any atom is -0.496 e. The van der Waals surface area contributed by atoms with Crippen LogP contribution in [0.15, 0.2) is 17.0 Å². The van der Waals surface area contributed by atoms with Gasteiger partial charge in [0.2, 0.25) is 0 Å². The largest absolute Gasteiger partial charge is 0.496 e. The molecule has 0 amide bonds. The van der Waals surface area contributed by atoms with Gasteiger partial charge in [-0.05, 0) is 51.0 Å². The Bertz CT molecular complexity index is 374. The number of rotatable bonds is 4. The van der Waals surface area contributed by atoms with Crippen LogP contribution in [-0.2, 0) is 0 Å². The minimum atomic E-state index is 0.0367. The lowest BCUT2D eigenvalue weighted by Gasteiger charge is -2.23. The third-order valence-electron chi connectivity index (χ3n) is 2.66. The van der Waals surface area contributed by atoms with Crippen molar-refractivity contribution < 1.29 is 4.74 Å². The maximum Gasteiger partial charge on any atom is 0.132 e. The minimum absolute atomic E-state index is 0.0367. The van der Waals surface area contributed by atoms with E-state index in [1.165, 1.54) is 16.0 Å². The Morgan fingerprint density at radius 3 is 2.31 bits per heavy atom. The second kappa shape index (κ2) is 5.11. The summed E-state index contributed by atoms with van der Waals surface area (Å²) in [4.78, 5) is 1.17. The number of ether oxygens (including phenoxy) is 1. The number of hydrogen-bond acceptors (Lipinski definition) is 3. The molecule has 2 N–H and O–H groups in total. The smallest absolute Gasteiger partial charge is 0.132 e. The molecule has 0 fully saturated rings. The van der Waals surface area contributed by atoms with Gasteiger partial charge in [0.05, 0.1) is 12.0 Å². The van der Waals surface area contributed by atoms with E-state index in [4.69, 9.17) is 10.5 Å². The van der Waals surface area contributed by atoms with Crippen molar-refractivity contribution >= 4 is 11.8 Å². The standard InChI is InChI=1S/C13H21NOS/c1-9-6-11(15-5)12(7-10(9)2)16-13(3,4)8-14/h6-7H,8,14H2,1-5H3. The maximum absolute atomic E-state index is 5.75. The summed E-state index contributed by atoms with van der Waals surface area (Å²) in [5.41, 5.74) is 8.30. The fourth-order valence-corrected chi connectivity index (χ4v) is 2.50. The van der Waals surface area contributed by atoms with Gasteiger partial charge in [0, 0.05) is 11.3 Å². The predicted molar refractivity (Wildman–Crippen MR) is 71.5 cm³/mol. The van der Waals surface area contributed by atoms with E-state index < -0.39 is 0 Å². The SMILES string of the molecule is COc1cc(C)c(C)cc1SC(C)(C)CN. The summed E-state index contributed by atoms with van der Waals surface area (Å²) in [5.74, 6) is 0.939. The molecule has 0 unspecified atom stereocenters. The highest BCUT2D eigenvalue weighted by Gasteiger charge is 2.20. The van der Waals surface area contributed by atoms with E-state index in [2.05, 4.69) is 39.8 Å². The van der Waals surface area contributed by atoms with Gasteiger partial charge in [-0.2, -0.15) is 0 Å². The van der Waals surface area contributed by atoms with E-state index in [9.17, 15) is 0 Å². The first kappa shape index (κ1) is 13.4. The van der Waals surface area contributed by atoms with Gasteiger partial charge in [0.15, 0.2) is 0 Å². The van der Waals surface area contributed by atoms with Gasteiger partial charge in [0.1, 0.15) is 5.75 Å². The Kier molecular flexibility index (Phi) is 4.28. The quantitative estimate of drug-likeness (QED) is 0.820. The Labute approximate surface area is 103 Å². The van der Waals surface area contributed by atoms with Gasteiger partial charge < -0.3 is 10.5 Å². The molecule has 16 heavy (non-hydrogen) atoms. The summed E-state index contributed by atoms with van der Waals surface area (Å²) in [7, 11) is 1.71. The van der Waals surface area contributed by atoms with Crippen LogP contribution >= 0.6 is 11.8 Å². The zero-order chi connectivity index (χ0) is 12.3. The lowest BCUT2D eigenvalue weighted by Crippen LogP contribution is -2.26. The fraction of sp³-hybridized carbons (Fsp3) is 0.538. The van der Waals surface area contributed by atoms with Crippen LogP contribution < -0.4 is 10.5 Å². The highest BCUT2D eigenvalue weighted by atomic mass is 32.2. The van der Waals surface area contributed by atoms with E-state index in [1.807, 2.05) is 0 Å². The topological polar surface area (TPSA) is 35.2 Å². The summed E-state index contributed by atoms with van der Waals surface area (Å²) < 4.78 is 5.45. The number of hydrogen-bond donors (Lipinski definition) is 1. The van der Waals surface area contributed by atoms with Gasteiger partial charge in [-0.1, -0.05) is 0 Å². The average molecular weight is 239 g/mol. The molecular weight excluding hydrogens is 218 g/mol. The molecule has 0 heterocycles. The summed E-state index contributed by atoms with van der Waals surface area (Å²) in [6.45, 7) is 9.15. The second-order valence-electron chi connectivity index (χ2n) is 4.65. The van der Waals surface area contributed by atoms with E-state index in [0.29, 0.717) is 6.54 Å². The van der Waals surface area contributed by atoms with Crippen LogP contribution in [0.25, 0.3) is 0 Å². The zero-order valence-electron chi connectivity index (χ0n) is 10.8. The molecule has 90 valence electrons. The van der Waals surface area contributed by atoms with Gasteiger partial charge in [-0.15, -0.1) is 11.8 Å². The Hall–Kier alpha value is -0.670. The zero-order valence-corrected chi connectivity index (χ0v) is 11.6. The average Bonchev–Trinajstić information content (AvgIpc) is 2.22. The molecule has 0 saturated carbocycles. The van der Waals surface area contributed by atoms with E-state index >= 15 is 0 Å². The van der Waals surface area contributed by atoms with E-state index in [0.717, 1.165) is 5.75 Å². The third-order valence-corrected chi connectivity index (χ3v) is 3.92. The van der Waals surface area contributed by atoms with Crippen molar-refractivity contribution in [3.8, 4) is 5.75 Å². The lowest BCUT2D eigenvalue weighted by atomic mass is 10.1. The van der Waals surface area contributed by atoms with Crippen molar-refractivity contribution in [1.29, 1.82) is 0 Å². The molecule has 0 spiro atoms. The fourth-order valence-electron chi connectivity index (χ4n) is 1.34. The van der Waals surface area contributed by atoms with Crippen LogP contribution in [0.5, 0.6) is 5.75 Å². The molecule has 0 atom stereocenters. The van der Waals surface area contributed by atoms with E-state index in [1.54, 1.807) is 18.9 Å². The van der Waals surface area contributed by atoms with Gasteiger partial charge >= 0.3 is 0 Å². The van der Waals surface area contributed by atoms with Gasteiger partial charge in [-0.3, -0.25) is 0 Å². The van der Waals surface area contributed by atoms with Crippen molar-refractivity contribution in [3.05, 3.63) is 23.3 Å². The summed E-state index contributed by atoms with van der Waals surface area (Å²) in [6.07, 6.45) is 0. The highest BCUT2D eigenvalue weighted by Crippen LogP contribution is 2.38. The van der Waals surface area contributed by atoms with Crippen molar-refractivity contribution in [2.45, 2.75) is 37.3 Å². The monoisotopic (exact) mass is 239 g/mol. The first-order valence-corrected chi connectivity index (χ1v) is 6.25. The number of thioether (sulfide) groups is 1. The Morgan fingerprint density at radius 1 is 1.25 bits per heavy atom. The molecule has 0 aliphatic carbocycles. The molecule has 0 bridgehead atoms. The molecule has 1 aromatic rings. The maximum atomic E-state index is 5.75. The van der Waals surface area contributed by atoms with Crippen molar-refractivity contribution in [3.63, 3.8) is 0 Å². The molecule has 0 aliphatic rings. The summed E-state index contributed by atoms with van der Waals surface area (Å²) >= 11 is 1.77. The van der Waals surface area contributed by atoms with Crippen LogP contribution in [0.4, 0.5) is 0 Å². The number of nitrogens with two attached hydrogens (primary N) is 1. The molecule has 1 rings (SSSR count). The van der Waals surface area contributed by atoms with Crippen LogP contribution in [0.1, 0.15) is 25.0 Å². The molecule has 0 aromatic heterocycles. The van der Waals surface area contributed by atoms with Crippen LogP contribution in [-0.4, -0.2) is 18.4 Å². The van der Waals surface area contributed by atoms with Crippen LogP contribution in [0.3, 0.4) is 0 Å². The van der Waals surface area contributed by atoms with Crippen molar-refractivity contribution in [1.82, 2.24) is 0 Å². The first-order chi connectivity index (χ1) is 7.39. The molecule has 2 nitrogen and oxygen atoms in total. The van der Waals surface area contributed by atoms with Crippen molar-refractivity contribution in [2.24, 2.45) is 5.73 Å². The first-order valence-electron chi connectivity index (χ1n) is 5.44. The molecule has 0 aliphatic heterocycles. The lowest BCUT2D eigenvalue weighted by molar-refractivity contribution is 0.404. The predicted octanol–water partition coefficient (Wildman–Crippen LogP) is 3.14. The number of methoxy groups -OCH3 is 1. The van der Waals surface area contributed by atoms with Crippen LogP contribution in [0.2, 0.25) is 0 Å². The van der Waals surface area contributed by atoms with Gasteiger partial charge in [-0.25, -0.2) is 0 Å². The number of benzene rings is 1. The van der Waals surface area contributed by atoms with E-state index in [-0.39, 0.29) is 4.75 Å². The summed E-state index contributed by atoms with van der Waals surface area (Å²) in [5, 5.41) is 0. The van der Waals surface area contributed by atoms with Crippen molar-refractivity contribution in [2.75, 3.05) is 13.7 Å². The number of aryl methyl sites for hydroxylation is 2. The third kappa shape index (κ3) is 3.16. The molecule has 0 saturated heterocycles. The highest BCUT2D eigenvalue weighted by molar-refractivity contribution is 8.00. The Morgan fingerprint density at radius 2 is 1.81 bits per heavy atom. The van der Waals surface area contributed by atoms with Crippen LogP contribution in [0, 0.1) is 13.8 Å². The Balaban J connectivity index is 3.08. The molecular formula is C13H21NOS. The van der Waals surface area contributed by atoms with Gasteiger partial charge in [0.25, 0.3) is 0 Å².